The molecule has 7 nitrogen and oxygen atoms in total. The Balaban J connectivity index is 1.29. The minimum absolute atomic E-state index is 0.0912. The summed E-state index contributed by atoms with van der Waals surface area (Å²) in [5.74, 6) is 0. The number of carbonyl (C=O) groups excluding carboxylic acids is 2. The van der Waals surface area contributed by atoms with E-state index in [9.17, 15) is 22.8 Å². The van der Waals surface area contributed by atoms with Gasteiger partial charge in [-0.3, -0.25) is 10.2 Å². The van der Waals surface area contributed by atoms with Gasteiger partial charge in [0.2, 0.25) is 0 Å². The molecule has 1 spiro atoms. The summed E-state index contributed by atoms with van der Waals surface area (Å²) in [5.41, 5.74) is -0.795. The van der Waals surface area contributed by atoms with E-state index in [0.717, 1.165) is 17.7 Å². The molecule has 2 heterocycles. The fraction of sp³-hybridized carbons (Fsp3) is 0.364. The second-order valence-corrected chi connectivity index (χ2v) is 8.42. The first-order valence-electron chi connectivity index (χ1n) is 10.3. The van der Waals surface area contributed by atoms with Crippen LogP contribution in [0, 0.1) is 0 Å². The lowest BCUT2D eigenvalue weighted by Crippen LogP contribution is -2.47. The van der Waals surface area contributed by atoms with Crippen molar-refractivity contribution in [2.45, 2.75) is 31.2 Å². The van der Waals surface area contributed by atoms with Crippen molar-refractivity contribution in [2.75, 3.05) is 25.0 Å². The molecule has 2 fully saturated rings. The van der Waals surface area contributed by atoms with Crippen LogP contribution in [0.1, 0.15) is 24.0 Å². The Hall–Kier alpha value is -2.98. The number of amides is 2. The van der Waals surface area contributed by atoms with Gasteiger partial charge < -0.3 is 9.57 Å². The first-order valence-corrected chi connectivity index (χ1v) is 10.6. The minimum atomic E-state index is -4.65. The van der Waals surface area contributed by atoms with Crippen molar-refractivity contribution in [1.82, 2.24) is 9.96 Å². The summed E-state index contributed by atoms with van der Waals surface area (Å²) in [5, 5.41) is 3.21. The quantitative estimate of drug-likeness (QED) is 0.638. The molecule has 2 aromatic rings. The second kappa shape index (κ2) is 9.11. The number of nitrogens with one attached hydrogen (secondary N) is 1. The molecule has 0 radical (unpaired) electrons. The Morgan fingerprint density at radius 2 is 1.85 bits per heavy atom. The summed E-state index contributed by atoms with van der Waals surface area (Å²) in [6.07, 6.45) is -5.04. The monoisotopic (exact) mass is 483 g/mol. The third-order valence-electron chi connectivity index (χ3n) is 5.62. The van der Waals surface area contributed by atoms with Crippen molar-refractivity contribution in [2.24, 2.45) is 0 Å². The number of ether oxygens (including phenoxy) is 1. The molecule has 2 aromatic carbocycles. The van der Waals surface area contributed by atoms with Gasteiger partial charge in [0.1, 0.15) is 5.60 Å². The molecule has 1 N–H and O–H groups in total. The number of hydrogen-bond acceptors (Lipinski definition) is 5. The van der Waals surface area contributed by atoms with Crippen LogP contribution in [-0.4, -0.2) is 47.4 Å². The smallest absolute Gasteiger partial charge is 0.430 e. The summed E-state index contributed by atoms with van der Waals surface area (Å²) < 4.78 is 44.6. The van der Waals surface area contributed by atoms with Crippen LogP contribution >= 0.6 is 11.6 Å². The van der Waals surface area contributed by atoms with E-state index in [0.29, 0.717) is 39.0 Å². The highest BCUT2D eigenvalue weighted by Gasteiger charge is 2.47. The number of nitrogens with zero attached hydrogens (tertiary/aromatic N) is 2. The van der Waals surface area contributed by atoms with Gasteiger partial charge in [-0.1, -0.05) is 41.9 Å². The number of alkyl halides is 3. The highest BCUT2D eigenvalue weighted by molar-refractivity contribution is 6.31. The maximum absolute atomic E-state index is 13.0. The Labute approximate surface area is 192 Å². The SMILES string of the molecule is O=C(Nc1ccc(Cl)c(C(F)(F)F)c1)ON1CCC2(CC1)CN(Cc1ccccc1)C(=O)O2. The van der Waals surface area contributed by atoms with Crippen molar-refractivity contribution in [3.05, 3.63) is 64.7 Å². The molecule has 0 unspecified atom stereocenters. The van der Waals surface area contributed by atoms with Crippen molar-refractivity contribution < 1.29 is 32.3 Å². The first-order chi connectivity index (χ1) is 15.6. The number of benzene rings is 2. The van der Waals surface area contributed by atoms with Crippen molar-refractivity contribution >= 4 is 29.5 Å². The third kappa shape index (κ3) is 5.51. The van der Waals surface area contributed by atoms with Crippen LogP contribution < -0.4 is 5.32 Å². The third-order valence-corrected chi connectivity index (χ3v) is 5.95. The standard InChI is InChI=1S/C22H21ClF3N3O4/c23-18-7-6-16(12-17(18)22(24,25)26)27-19(30)33-29-10-8-21(9-11-29)14-28(20(31)32-21)13-15-4-2-1-3-5-15/h1-7,12H,8-11,13-14H2,(H,27,30). The fourth-order valence-corrected chi connectivity index (χ4v) is 4.17. The molecule has 33 heavy (non-hydrogen) atoms. The van der Waals surface area contributed by atoms with E-state index in [2.05, 4.69) is 5.32 Å². The molecular weight excluding hydrogens is 463 g/mol. The average Bonchev–Trinajstić information content (AvgIpc) is 3.06. The molecule has 2 amide bonds. The molecule has 4 rings (SSSR count). The van der Waals surface area contributed by atoms with Crippen LogP contribution in [0.4, 0.5) is 28.4 Å². The van der Waals surface area contributed by atoms with Gasteiger partial charge in [0.15, 0.2) is 0 Å². The number of piperidine rings is 1. The normalized spacial score (nSPS) is 18.3. The van der Waals surface area contributed by atoms with Gasteiger partial charge in [0.05, 0.1) is 17.1 Å². The Morgan fingerprint density at radius 1 is 1.15 bits per heavy atom. The van der Waals surface area contributed by atoms with Crippen molar-refractivity contribution in [3.63, 3.8) is 0 Å². The van der Waals surface area contributed by atoms with Gasteiger partial charge >= 0.3 is 18.4 Å². The van der Waals surface area contributed by atoms with Crippen LogP contribution in [0.2, 0.25) is 5.02 Å². The number of hydroxylamine groups is 2. The predicted octanol–water partition coefficient (Wildman–Crippen LogP) is 5.31. The number of rotatable bonds is 4. The maximum Gasteiger partial charge on any atom is 0.430 e. The molecule has 0 bridgehead atoms. The van der Waals surface area contributed by atoms with Crippen LogP contribution in [-0.2, 0) is 22.3 Å². The molecule has 2 aliphatic heterocycles. The Bertz CT molecular complexity index is 1030. The molecule has 176 valence electrons. The molecule has 0 aromatic heterocycles. The maximum atomic E-state index is 13.0. The largest absolute Gasteiger partial charge is 0.441 e. The van der Waals surface area contributed by atoms with Gasteiger partial charge in [0.25, 0.3) is 0 Å². The van der Waals surface area contributed by atoms with E-state index in [1.165, 1.54) is 11.1 Å². The number of halogens is 4. The Morgan fingerprint density at radius 3 is 2.52 bits per heavy atom. The number of anilines is 1. The van der Waals surface area contributed by atoms with E-state index in [1.807, 2.05) is 30.3 Å². The first kappa shape index (κ1) is 23.2. The number of hydrogen-bond donors (Lipinski definition) is 1. The van der Waals surface area contributed by atoms with E-state index >= 15 is 0 Å². The Kier molecular flexibility index (Phi) is 6.40. The summed E-state index contributed by atoms with van der Waals surface area (Å²) in [6.45, 7) is 1.51. The zero-order valence-electron chi connectivity index (χ0n) is 17.4. The molecule has 0 aliphatic carbocycles. The molecular formula is C22H21ClF3N3O4. The highest BCUT2D eigenvalue weighted by atomic mass is 35.5. The van der Waals surface area contributed by atoms with Crippen LogP contribution in [0.15, 0.2) is 48.5 Å². The van der Waals surface area contributed by atoms with E-state index < -0.39 is 28.5 Å². The summed E-state index contributed by atoms with van der Waals surface area (Å²) in [4.78, 5) is 31.4. The van der Waals surface area contributed by atoms with Crippen LogP contribution in [0.5, 0.6) is 0 Å². The average molecular weight is 484 g/mol. The minimum Gasteiger partial charge on any atom is -0.441 e. The van der Waals surface area contributed by atoms with Gasteiger partial charge in [0, 0.05) is 38.2 Å². The lowest BCUT2D eigenvalue weighted by Gasteiger charge is -2.36. The van der Waals surface area contributed by atoms with E-state index in [1.54, 1.807) is 4.90 Å². The van der Waals surface area contributed by atoms with Crippen LogP contribution in [0.3, 0.4) is 0 Å². The van der Waals surface area contributed by atoms with Gasteiger partial charge in [-0.05, 0) is 23.8 Å². The second-order valence-electron chi connectivity index (χ2n) is 8.02. The zero-order chi connectivity index (χ0) is 23.6. The van der Waals surface area contributed by atoms with Gasteiger partial charge in [-0.25, -0.2) is 9.59 Å². The van der Waals surface area contributed by atoms with E-state index in [-0.39, 0.29) is 11.8 Å². The summed E-state index contributed by atoms with van der Waals surface area (Å²) in [7, 11) is 0. The summed E-state index contributed by atoms with van der Waals surface area (Å²) in [6, 6.07) is 12.6. The molecule has 11 heteroatoms. The lowest BCUT2D eigenvalue weighted by atomic mass is 9.92. The fourth-order valence-electron chi connectivity index (χ4n) is 3.94. The predicted molar refractivity (Wildman–Crippen MR) is 113 cm³/mol. The molecule has 2 saturated heterocycles. The lowest BCUT2D eigenvalue weighted by molar-refractivity contribution is -0.138. The van der Waals surface area contributed by atoms with Crippen molar-refractivity contribution in [3.8, 4) is 0 Å². The topological polar surface area (TPSA) is 71.1 Å². The van der Waals surface area contributed by atoms with Gasteiger partial charge in [-0.2, -0.15) is 13.2 Å². The molecule has 0 saturated carbocycles. The molecule has 2 aliphatic rings. The van der Waals surface area contributed by atoms with E-state index in [4.69, 9.17) is 21.2 Å². The molecule has 0 atom stereocenters. The van der Waals surface area contributed by atoms with Crippen LogP contribution in [0.25, 0.3) is 0 Å². The highest BCUT2D eigenvalue weighted by Crippen LogP contribution is 2.37. The summed E-state index contributed by atoms with van der Waals surface area (Å²) >= 11 is 5.59. The number of carbonyl (C=O) groups is 2. The van der Waals surface area contributed by atoms with Gasteiger partial charge in [-0.15, -0.1) is 5.06 Å². The van der Waals surface area contributed by atoms with Crippen molar-refractivity contribution in [1.29, 1.82) is 0 Å². The zero-order valence-corrected chi connectivity index (χ0v) is 18.2.